The highest BCUT2D eigenvalue weighted by atomic mass is 32.2. The molecule has 1 atom stereocenters. The molecule has 0 spiro atoms. The van der Waals surface area contributed by atoms with Gasteiger partial charge >= 0.3 is 12.6 Å². The summed E-state index contributed by atoms with van der Waals surface area (Å²) in [5.74, 6) is -1.51. The van der Waals surface area contributed by atoms with Gasteiger partial charge in [-0.3, -0.25) is 4.79 Å². The van der Waals surface area contributed by atoms with E-state index in [2.05, 4.69) is 4.74 Å². The molecule has 8 heteroatoms. The number of ether oxygens (including phenoxy) is 1. The van der Waals surface area contributed by atoms with Crippen LogP contribution in [0.2, 0.25) is 0 Å². The Morgan fingerprint density at radius 2 is 2.10 bits per heavy atom. The van der Waals surface area contributed by atoms with Crippen molar-refractivity contribution < 1.29 is 28.2 Å². The Balaban J connectivity index is 2.27. The van der Waals surface area contributed by atoms with Crippen LogP contribution in [0.5, 0.6) is 5.75 Å². The number of hydrogen-bond donors (Lipinski definition) is 1. The normalized spacial score (nSPS) is 18.4. The number of carboxylic acids is 1. The van der Waals surface area contributed by atoms with E-state index in [9.17, 15) is 18.4 Å². The second-order valence-corrected chi connectivity index (χ2v) is 5.00. The molecule has 1 aromatic rings. The van der Waals surface area contributed by atoms with E-state index in [-0.39, 0.29) is 22.9 Å². The van der Waals surface area contributed by atoms with Gasteiger partial charge < -0.3 is 14.7 Å². The Labute approximate surface area is 117 Å². The monoisotopic (exact) mass is 303 g/mol. The van der Waals surface area contributed by atoms with Crippen LogP contribution < -0.4 is 4.74 Å². The number of thioether (sulfide) groups is 1. The summed E-state index contributed by atoms with van der Waals surface area (Å²) in [6.07, 6.45) is 0. The molecule has 0 radical (unpaired) electrons. The lowest BCUT2D eigenvalue weighted by atomic mass is 10.1. The Bertz CT molecular complexity index is 526. The minimum Gasteiger partial charge on any atom is -0.480 e. The van der Waals surface area contributed by atoms with E-state index in [4.69, 9.17) is 5.11 Å². The molecule has 2 rings (SSSR count). The lowest BCUT2D eigenvalue weighted by molar-refractivity contribution is -0.140. The second-order valence-electron chi connectivity index (χ2n) is 4.00. The van der Waals surface area contributed by atoms with E-state index in [1.807, 2.05) is 0 Å². The first kappa shape index (κ1) is 14.6. The van der Waals surface area contributed by atoms with Crippen molar-refractivity contribution in [1.82, 2.24) is 4.90 Å². The fourth-order valence-corrected chi connectivity index (χ4v) is 2.99. The van der Waals surface area contributed by atoms with Crippen molar-refractivity contribution >= 4 is 23.6 Å². The van der Waals surface area contributed by atoms with E-state index >= 15 is 0 Å². The fraction of sp³-hybridized carbons (Fsp3) is 0.333. The molecule has 20 heavy (non-hydrogen) atoms. The molecule has 108 valence electrons. The van der Waals surface area contributed by atoms with Gasteiger partial charge in [0.05, 0.1) is 11.4 Å². The van der Waals surface area contributed by atoms with Gasteiger partial charge in [-0.2, -0.15) is 8.78 Å². The highest BCUT2D eigenvalue weighted by Gasteiger charge is 2.36. The van der Waals surface area contributed by atoms with Gasteiger partial charge in [-0.05, 0) is 12.1 Å². The number of carbonyl (C=O) groups excluding carboxylic acids is 1. The summed E-state index contributed by atoms with van der Waals surface area (Å²) in [7, 11) is 0. The lowest BCUT2D eigenvalue weighted by Gasteiger charge is -2.21. The zero-order valence-corrected chi connectivity index (χ0v) is 11.0. The maximum atomic E-state index is 12.3. The number of alkyl halides is 2. The van der Waals surface area contributed by atoms with Crippen LogP contribution in [0, 0.1) is 0 Å². The van der Waals surface area contributed by atoms with Crippen LogP contribution in [0.15, 0.2) is 24.3 Å². The summed E-state index contributed by atoms with van der Waals surface area (Å²) in [5.41, 5.74) is -0.0680. The van der Waals surface area contributed by atoms with Crippen molar-refractivity contribution in [2.45, 2.75) is 12.7 Å². The number of aliphatic carboxylic acids is 1. The maximum absolute atomic E-state index is 12.3. The molecule has 1 N–H and O–H groups in total. The fourth-order valence-electron chi connectivity index (χ4n) is 1.84. The van der Waals surface area contributed by atoms with Crippen LogP contribution in [0.3, 0.4) is 0 Å². The van der Waals surface area contributed by atoms with E-state index in [0.717, 1.165) is 4.90 Å². The van der Waals surface area contributed by atoms with Gasteiger partial charge in [0.2, 0.25) is 0 Å². The number of para-hydroxylation sites is 1. The smallest absolute Gasteiger partial charge is 0.387 e. The third kappa shape index (κ3) is 3.01. The maximum Gasteiger partial charge on any atom is 0.387 e. The third-order valence-corrected chi connectivity index (χ3v) is 3.77. The predicted octanol–water partition coefficient (Wildman–Crippen LogP) is 1.89. The van der Waals surface area contributed by atoms with E-state index in [0.29, 0.717) is 0 Å². The number of nitrogens with zero attached hydrogens (tertiary/aromatic N) is 1. The van der Waals surface area contributed by atoms with Gasteiger partial charge in [0.25, 0.3) is 5.91 Å². The molecule has 1 unspecified atom stereocenters. The molecule has 0 saturated carbocycles. The number of rotatable bonds is 4. The summed E-state index contributed by atoms with van der Waals surface area (Å²) >= 11 is 1.30. The zero-order valence-electron chi connectivity index (χ0n) is 10.2. The van der Waals surface area contributed by atoms with Crippen LogP contribution in [-0.4, -0.2) is 46.2 Å². The molecule has 1 aliphatic rings. The highest BCUT2D eigenvalue weighted by Crippen LogP contribution is 2.27. The predicted molar refractivity (Wildman–Crippen MR) is 68.0 cm³/mol. The first-order valence-corrected chi connectivity index (χ1v) is 6.81. The van der Waals surface area contributed by atoms with Crippen molar-refractivity contribution in [2.24, 2.45) is 0 Å². The van der Waals surface area contributed by atoms with Gasteiger partial charge in [-0.15, -0.1) is 11.8 Å². The molecular formula is C12H11F2NO4S. The topological polar surface area (TPSA) is 66.8 Å². The molecule has 1 heterocycles. The average Bonchev–Trinajstić information content (AvgIpc) is 2.87. The van der Waals surface area contributed by atoms with Gasteiger partial charge in [0, 0.05) is 5.75 Å². The number of hydrogen-bond acceptors (Lipinski definition) is 4. The molecule has 0 bridgehead atoms. The Kier molecular flexibility index (Phi) is 4.43. The van der Waals surface area contributed by atoms with Crippen LogP contribution in [0.25, 0.3) is 0 Å². The van der Waals surface area contributed by atoms with Gasteiger partial charge in [-0.1, -0.05) is 12.1 Å². The summed E-state index contributed by atoms with van der Waals surface area (Å²) in [6, 6.07) is 4.60. The standard InChI is InChI=1S/C12H11F2NO4S/c13-12(14)19-9-4-2-1-3-7(9)10(16)15-6-20-5-8(15)11(17)18/h1-4,8,12H,5-6H2,(H,17,18). The van der Waals surface area contributed by atoms with E-state index < -0.39 is 24.5 Å². The summed E-state index contributed by atoms with van der Waals surface area (Å²) in [4.78, 5) is 24.5. The molecule has 1 aromatic carbocycles. The molecule has 1 saturated heterocycles. The van der Waals surface area contributed by atoms with Crippen molar-refractivity contribution in [2.75, 3.05) is 11.6 Å². The van der Waals surface area contributed by atoms with Crippen molar-refractivity contribution in [3.05, 3.63) is 29.8 Å². The molecule has 1 aliphatic heterocycles. The largest absolute Gasteiger partial charge is 0.480 e. The van der Waals surface area contributed by atoms with Crippen molar-refractivity contribution in [1.29, 1.82) is 0 Å². The van der Waals surface area contributed by atoms with E-state index in [1.54, 1.807) is 0 Å². The SMILES string of the molecule is O=C(O)C1CSCN1C(=O)c1ccccc1OC(F)F. The summed E-state index contributed by atoms with van der Waals surface area (Å²) in [5, 5.41) is 9.04. The minimum atomic E-state index is -3.05. The molecule has 0 aromatic heterocycles. The highest BCUT2D eigenvalue weighted by molar-refractivity contribution is 7.99. The average molecular weight is 303 g/mol. The minimum absolute atomic E-state index is 0.0680. The number of halogens is 2. The summed E-state index contributed by atoms with van der Waals surface area (Å²) < 4.78 is 28.9. The van der Waals surface area contributed by atoms with Gasteiger partial charge in [-0.25, -0.2) is 4.79 Å². The van der Waals surface area contributed by atoms with Gasteiger partial charge in [0.1, 0.15) is 11.8 Å². The van der Waals surface area contributed by atoms with Crippen molar-refractivity contribution in [3.8, 4) is 5.75 Å². The zero-order chi connectivity index (χ0) is 14.7. The first-order chi connectivity index (χ1) is 9.50. The number of carbonyl (C=O) groups is 2. The first-order valence-electron chi connectivity index (χ1n) is 5.66. The van der Waals surface area contributed by atoms with Gasteiger partial charge in [0.15, 0.2) is 0 Å². The molecular weight excluding hydrogens is 292 g/mol. The molecule has 1 fully saturated rings. The van der Waals surface area contributed by atoms with Crippen LogP contribution in [0.1, 0.15) is 10.4 Å². The lowest BCUT2D eigenvalue weighted by Crippen LogP contribution is -2.41. The number of benzene rings is 1. The van der Waals surface area contributed by atoms with Crippen molar-refractivity contribution in [3.63, 3.8) is 0 Å². The Morgan fingerprint density at radius 1 is 1.40 bits per heavy atom. The number of amides is 1. The van der Waals surface area contributed by atoms with Crippen LogP contribution >= 0.6 is 11.8 Å². The van der Waals surface area contributed by atoms with E-state index in [1.165, 1.54) is 36.0 Å². The van der Waals surface area contributed by atoms with Crippen LogP contribution in [-0.2, 0) is 4.79 Å². The summed E-state index contributed by atoms with van der Waals surface area (Å²) in [6.45, 7) is -3.05. The molecule has 0 aliphatic carbocycles. The Hall–Kier alpha value is -1.83. The molecule has 1 amide bonds. The van der Waals surface area contributed by atoms with Crippen LogP contribution in [0.4, 0.5) is 8.78 Å². The quantitative estimate of drug-likeness (QED) is 0.920. The second kappa shape index (κ2) is 6.08. The third-order valence-electron chi connectivity index (χ3n) is 2.76. The molecule has 5 nitrogen and oxygen atoms in total. The number of carboxylic acid groups (broad SMARTS) is 1. The Morgan fingerprint density at radius 3 is 2.75 bits per heavy atom.